The standard InChI is InChI=1S/C21H24ClN3O3S.ClH/c1-24(2)12-5-13-25(20(26)14-6-8-15(22)9-7-14)21-23-18-16(27-3)10-11-17(28-4)19(18)29-21;/h6-11H,5,12-13H2,1-4H3;1H. The minimum absolute atomic E-state index is 0. The average Bonchev–Trinajstić information content (AvgIpc) is 3.15. The number of carbonyl (C=O) groups is 1. The molecule has 2 aromatic carbocycles. The first-order chi connectivity index (χ1) is 13.9. The van der Waals surface area contributed by atoms with Crippen LogP contribution in [0.2, 0.25) is 5.02 Å². The van der Waals surface area contributed by atoms with Crippen LogP contribution in [-0.2, 0) is 0 Å². The van der Waals surface area contributed by atoms with Crippen LogP contribution in [0, 0.1) is 0 Å². The summed E-state index contributed by atoms with van der Waals surface area (Å²) in [5.41, 5.74) is 1.26. The number of nitrogens with zero attached hydrogens (tertiary/aromatic N) is 3. The maximum absolute atomic E-state index is 13.3. The number of hydrogen-bond acceptors (Lipinski definition) is 6. The summed E-state index contributed by atoms with van der Waals surface area (Å²) in [5, 5.41) is 1.21. The van der Waals surface area contributed by atoms with Crippen molar-refractivity contribution in [2.45, 2.75) is 6.42 Å². The van der Waals surface area contributed by atoms with Gasteiger partial charge in [-0.15, -0.1) is 12.4 Å². The van der Waals surface area contributed by atoms with Gasteiger partial charge in [-0.2, -0.15) is 0 Å². The van der Waals surface area contributed by atoms with E-state index in [1.807, 2.05) is 26.2 Å². The minimum atomic E-state index is -0.114. The number of methoxy groups -OCH3 is 2. The number of fused-ring (bicyclic) bond motifs is 1. The first kappa shape index (κ1) is 24.2. The fourth-order valence-corrected chi connectivity index (χ4v) is 4.19. The van der Waals surface area contributed by atoms with Gasteiger partial charge in [-0.25, -0.2) is 4.98 Å². The van der Waals surface area contributed by atoms with Gasteiger partial charge in [-0.3, -0.25) is 9.69 Å². The summed E-state index contributed by atoms with van der Waals surface area (Å²) in [6.45, 7) is 1.41. The third-order valence-corrected chi connectivity index (χ3v) is 5.80. The average molecular weight is 470 g/mol. The second-order valence-corrected chi connectivity index (χ2v) is 8.18. The van der Waals surface area contributed by atoms with Crippen LogP contribution >= 0.6 is 35.3 Å². The molecule has 1 aromatic heterocycles. The van der Waals surface area contributed by atoms with Crippen LogP contribution < -0.4 is 14.4 Å². The largest absolute Gasteiger partial charge is 0.495 e. The number of ether oxygens (including phenoxy) is 2. The van der Waals surface area contributed by atoms with Crippen molar-refractivity contribution in [3.05, 3.63) is 47.0 Å². The number of anilines is 1. The molecule has 9 heteroatoms. The fraction of sp³-hybridized carbons (Fsp3) is 0.333. The highest BCUT2D eigenvalue weighted by Crippen LogP contribution is 2.40. The van der Waals surface area contributed by atoms with E-state index in [1.54, 1.807) is 43.4 Å². The van der Waals surface area contributed by atoms with Crippen molar-refractivity contribution < 1.29 is 14.3 Å². The number of aromatic nitrogens is 1. The molecule has 1 amide bonds. The normalized spacial score (nSPS) is 10.7. The molecule has 0 aliphatic carbocycles. The number of carbonyl (C=O) groups excluding carboxylic acids is 1. The van der Waals surface area contributed by atoms with Gasteiger partial charge in [0.25, 0.3) is 5.91 Å². The second kappa shape index (κ2) is 10.8. The molecule has 0 saturated carbocycles. The van der Waals surface area contributed by atoms with E-state index in [2.05, 4.69) is 4.90 Å². The first-order valence-corrected chi connectivity index (χ1v) is 10.4. The van der Waals surface area contributed by atoms with Crippen LogP contribution in [0.25, 0.3) is 10.2 Å². The van der Waals surface area contributed by atoms with E-state index in [0.29, 0.717) is 39.3 Å². The maximum Gasteiger partial charge on any atom is 0.260 e. The van der Waals surface area contributed by atoms with Gasteiger partial charge < -0.3 is 14.4 Å². The molecular weight excluding hydrogens is 445 g/mol. The molecule has 0 saturated heterocycles. The Balaban J connectivity index is 0.00000320. The molecule has 0 N–H and O–H groups in total. The molecule has 3 aromatic rings. The summed E-state index contributed by atoms with van der Waals surface area (Å²) in [6.07, 6.45) is 0.816. The van der Waals surface area contributed by atoms with E-state index in [0.717, 1.165) is 17.7 Å². The summed E-state index contributed by atoms with van der Waals surface area (Å²) in [4.78, 5) is 21.8. The molecular formula is C21H25Cl2N3O3S. The van der Waals surface area contributed by atoms with E-state index in [4.69, 9.17) is 26.1 Å². The number of thiazole rings is 1. The van der Waals surface area contributed by atoms with E-state index < -0.39 is 0 Å². The fourth-order valence-electron chi connectivity index (χ4n) is 2.97. The molecule has 0 aliphatic heterocycles. The van der Waals surface area contributed by atoms with E-state index in [-0.39, 0.29) is 18.3 Å². The zero-order valence-corrected chi connectivity index (χ0v) is 19.7. The number of hydrogen-bond donors (Lipinski definition) is 0. The van der Waals surface area contributed by atoms with Crippen molar-refractivity contribution in [1.29, 1.82) is 0 Å². The lowest BCUT2D eigenvalue weighted by molar-refractivity contribution is 0.0986. The number of benzene rings is 2. The third kappa shape index (κ3) is 5.35. The summed E-state index contributed by atoms with van der Waals surface area (Å²) >= 11 is 7.40. The molecule has 0 spiro atoms. The topological polar surface area (TPSA) is 54.9 Å². The summed E-state index contributed by atoms with van der Waals surface area (Å²) in [5.74, 6) is 1.24. The molecule has 6 nitrogen and oxygen atoms in total. The van der Waals surface area contributed by atoms with Crippen molar-refractivity contribution in [3.8, 4) is 11.5 Å². The molecule has 162 valence electrons. The highest BCUT2D eigenvalue weighted by atomic mass is 35.5. The monoisotopic (exact) mass is 469 g/mol. The molecule has 0 fully saturated rings. The lowest BCUT2D eigenvalue weighted by Crippen LogP contribution is -2.33. The maximum atomic E-state index is 13.3. The lowest BCUT2D eigenvalue weighted by atomic mass is 10.2. The summed E-state index contributed by atoms with van der Waals surface area (Å²) in [7, 11) is 7.25. The van der Waals surface area contributed by atoms with Crippen LogP contribution in [0.3, 0.4) is 0 Å². The molecule has 0 bridgehead atoms. The van der Waals surface area contributed by atoms with Gasteiger partial charge in [0.05, 0.1) is 14.2 Å². The molecule has 0 radical (unpaired) electrons. The Morgan fingerprint density at radius 1 is 1.03 bits per heavy atom. The van der Waals surface area contributed by atoms with Crippen LogP contribution in [-0.4, -0.2) is 57.2 Å². The van der Waals surface area contributed by atoms with Crippen LogP contribution in [0.5, 0.6) is 11.5 Å². The smallest absolute Gasteiger partial charge is 0.260 e. The molecule has 0 aliphatic rings. The van der Waals surface area contributed by atoms with Gasteiger partial charge in [0.2, 0.25) is 0 Å². The van der Waals surface area contributed by atoms with E-state index in [1.165, 1.54) is 11.3 Å². The van der Waals surface area contributed by atoms with Crippen molar-refractivity contribution in [2.75, 3.05) is 46.3 Å². The Hall–Kier alpha value is -2.06. The van der Waals surface area contributed by atoms with Crippen molar-refractivity contribution in [2.24, 2.45) is 0 Å². The molecule has 3 rings (SSSR count). The van der Waals surface area contributed by atoms with Gasteiger partial charge in [-0.1, -0.05) is 22.9 Å². The van der Waals surface area contributed by atoms with Crippen LogP contribution in [0.4, 0.5) is 5.13 Å². The summed E-state index contributed by atoms with van der Waals surface area (Å²) in [6, 6.07) is 10.6. The number of rotatable bonds is 8. The van der Waals surface area contributed by atoms with Crippen LogP contribution in [0.1, 0.15) is 16.8 Å². The van der Waals surface area contributed by atoms with E-state index in [9.17, 15) is 4.79 Å². The van der Waals surface area contributed by atoms with Crippen molar-refractivity contribution in [1.82, 2.24) is 9.88 Å². The van der Waals surface area contributed by atoms with Gasteiger partial charge in [-0.05, 0) is 63.5 Å². The third-order valence-electron chi connectivity index (χ3n) is 4.45. The van der Waals surface area contributed by atoms with Crippen LogP contribution in [0.15, 0.2) is 36.4 Å². The second-order valence-electron chi connectivity index (χ2n) is 6.76. The van der Waals surface area contributed by atoms with Crippen molar-refractivity contribution in [3.63, 3.8) is 0 Å². The SMILES string of the molecule is COc1ccc(OC)c2sc(N(CCCN(C)C)C(=O)c3ccc(Cl)cc3)nc12.Cl. The number of halogens is 2. The zero-order valence-electron chi connectivity index (χ0n) is 17.3. The minimum Gasteiger partial charge on any atom is -0.495 e. The van der Waals surface area contributed by atoms with Gasteiger partial charge in [0.1, 0.15) is 21.7 Å². The molecule has 30 heavy (non-hydrogen) atoms. The Morgan fingerprint density at radius 3 is 2.27 bits per heavy atom. The number of amides is 1. The Morgan fingerprint density at radius 2 is 1.67 bits per heavy atom. The first-order valence-electron chi connectivity index (χ1n) is 9.18. The van der Waals surface area contributed by atoms with E-state index >= 15 is 0 Å². The lowest BCUT2D eigenvalue weighted by Gasteiger charge is -2.21. The Bertz CT molecular complexity index is 952. The predicted octanol–water partition coefficient (Wildman–Crippen LogP) is 4.99. The Kier molecular flexibility index (Phi) is 8.73. The quantitative estimate of drug-likeness (QED) is 0.465. The summed E-state index contributed by atoms with van der Waals surface area (Å²) < 4.78 is 11.8. The highest BCUT2D eigenvalue weighted by Gasteiger charge is 2.23. The Labute approximate surface area is 191 Å². The predicted molar refractivity (Wildman–Crippen MR) is 126 cm³/mol. The zero-order chi connectivity index (χ0) is 21.0. The van der Waals surface area contributed by atoms with Crippen molar-refractivity contribution >= 4 is 56.6 Å². The van der Waals surface area contributed by atoms with Gasteiger partial charge in [0.15, 0.2) is 5.13 Å². The molecule has 0 unspecified atom stereocenters. The highest BCUT2D eigenvalue weighted by molar-refractivity contribution is 7.22. The molecule has 1 heterocycles. The van der Waals surface area contributed by atoms with Gasteiger partial charge >= 0.3 is 0 Å². The van der Waals surface area contributed by atoms with Gasteiger partial charge in [0, 0.05) is 17.1 Å². The molecule has 0 atom stereocenters.